The topological polar surface area (TPSA) is 12.0 Å². The van der Waals surface area contributed by atoms with Crippen LogP contribution < -0.4 is 5.32 Å². The summed E-state index contributed by atoms with van der Waals surface area (Å²) in [7, 11) is 0. The van der Waals surface area contributed by atoms with Gasteiger partial charge < -0.3 is 5.32 Å². The molecule has 1 aromatic carbocycles. The Labute approximate surface area is 106 Å². The normalized spacial score (nSPS) is 15.1. The maximum absolute atomic E-state index is 6.08. The van der Waals surface area contributed by atoms with Gasteiger partial charge in [0.1, 0.15) is 0 Å². The molecule has 0 saturated heterocycles. The van der Waals surface area contributed by atoms with E-state index in [4.69, 9.17) is 11.6 Å². The molecule has 0 aliphatic heterocycles. The quantitative estimate of drug-likeness (QED) is 0.612. The lowest BCUT2D eigenvalue weighted by molar-refractivity contribution is 0.736. The molecule has 0 unspecified atom stereocenters. The van der Waals surface area contributed by atoms with Gasteiger partial charge >= 0.3 is 0 Å². The van der Waals surface area contributed by atoms with Gasteiger partial charge in [0, 0.05) is 23.2 Å². The third-order valence-corrected chi connectivity index (χ3v) is 4.15. The number of hydrogen-bond donors (Lipinski definition) is 1. The van der Waals surface area contributed by atoms with Crippen LogP contribution >= 0.6 is 23.4 Å². The molecule has 1 aliphatic rings. The zero-order chi connectivity index (χ0) is 11.4. The molecule has 0 radical (unpaired) electrons. The molecular formula is C13H16ClNS. The number of benzene rings is 1. The van der Waals surface area contributed by atoms with E-state index in [0.717, 1.165) is 28.3 Å². The maximum atomic E-state index is 6.08. The Morgan fingerprint density at radius 1 is 1.44 bits per heavy atom. The van der Waals surface area contributed by atoms with Gasteiger partial charge in [0.25, 0.3) is 0 Å². The van der Waals surface area contributed by atoms with Gasteiger partial charge in [0.15, 0.2) is 0 Å². The van der Waals surface area contributed by atoms with Crippen LogP contribution in [0.5, 0.6) is 0 Å². The molecule has 0 heterocycles. The first-order valence-corrected chi connectivity index (χ1v) is 6.89. The highest BCUT2D eigenvalue weighted by molar-refractivity contribution is 7.99. The van der Waals surface area contributed by atoms with E-state index in [2.05, 4.69) is 18.0 Å². The summed E-state index contributed by atoms with van der Waals surface area (Å²) in [6.45, 7) is 5.01. The molecule has 0 spiro atoms. The van der Waals surface area contributed by atoms with E-state index in [9.17, 15) is 0 Å². The Hall–Kier alpha value is -0.440. The average molecular weight is 254 g/mol. The van der Waals surface area contributed by atoms with Gasteiger partial charge in [-0.1, -0.05) is 35.9 Å². The molecule has 1 nitrogen and oxygen atoms in total. The molecule has 0 atom stereocenters. The van der Waals surface area contributed by atoms with Crippen molar-refractivity contribution in [1.82, 2.24) is 5.32 Å². The molecule has 0 amide bonds. The lowest BCUT2D eigenvalue weighted by atomic mass is 10.3. The van der Waals surface area contributed by atoms with Crippen LogP contribution in [-0.4, -0.2) is 18.3 Å². The standard InChI is InChI=1S/C13H16ClNS/c1-10(8-15-11-6-7-11)9-16-13-5-3-2-4-12(13)14/h2-5,11,15H,1,6-9H2. The third kappa shape index (κ3) is 3.85. The fourth-order valence-electron chi connectivity index (χ4n) is 1.37. The molecule has 16 heavy (non-hydrogen) atoms. The number of hydrogen-bond acceptors (Lipinski definition) is 2. The second-order valence-electron chi connectivity index (χ2n) is 4.12. The van der Waals surface area contributed by atoms with E-state index in [1.807, 2.05) is 18.2 Å². The number of thioether (sulfide) groups is 1. The fraction of sp³-hybridized carbons (Fsp3) is 0.385. The highest BCUT2D eigenvalue weighted by Crippen LogP contribution is 2.27. The first kappa shape index (κ1) is 12.0. The minimum absolute atomic E-state index is 0.752. The molecular weight excluding hydrogens is 238 g/mol. The zero-order valence-electron chi connectivity index (χ0n) is 9.21. The predicted molar refractivity (Wildman–Crippen MR) is 72.3 cm³/mol. The first-order valence-electron chi connectivity index (χ1n) is 5.53. The van der Waals surface area contributed by atoms with Crippen molar-refractivity contribution in [3.05, 3.63) is 41.4 Å². The van der Waals surface area contributed by atoms with Crippen molar-refractivity contribution < 1.29 is 0 Å². The highest BCUT2D eigenvalue weighted by Gasteiger charge is 2.19. The van der Waals surface area contributed by atoms with Gasteiger partial charge in [-0.25, -0.2) is 0 Å². The van der Waals surface area contributed by atoms with Crippen LogP contribution in [0.2, 0.25) is 5.02 Å². The van der Waals surface area contributed by atoms with Crippen LogP contribution in [0.1, 0.15) is 12.8 Å². The van der Waals surface area contributed by atoms with Crippen molar-refractivity contribution in [3.63, 3.8) is 0 Å². The summed E-state index contributed by atoms with van der Waals surface area (Å²) in [5, 5.41) is 4.29. The molecule has 1 saturated carbocycles. The van der Waals surface area contributed by atoms with Crippen LogP contribution in [0.15, 0.2) is 41.3 Å². The second-order valence-corrected chi connectivity index (χ2v) is 5.55. The van der Waals surface area contributed by atoms with E-state index in [-0.39, 0.29) is 0 Å². The Morgan fingerprint density at radius 2 is 2.19 bits per heavy atom. The predicted octanol–water partition coefficient (Wildman–Crippen LogP) is 3.74. The lowest BCUT2D eigenvalue weighted by Gasteiger charge is -2.07. The second kappa shape index (κ2) is 5.76. The van der Waals surface area contributed by atoms with Crippen molar-refractivity contribution in [2.75, 3.05) is 12.3 Å². The summed E-state index contributed by atoms with van der Waals surface area (Å²) < 4.78 is 0. The minimum atomic E-state index is 0.752. The van der Waals surface area contributed by atoms with Gasteiger partial charge in [-0.2, -0.15) is 0 Å². The zero-order valence-corrected chi connectivity index (χ0v) is 10.8. The van der Waals surface area contributed by atoms with Crippen LogP contribution in [0.4, 0.5) is 0 Å². The van der Waals surface area contributed by atoms with Crippen LogP contribution in [0.25, 0.3) is 0 Å². The first-order chi connectivity index (χ1) is 7.75. The average Bonchev–Trinajstić information content (AvgIpc) is 3.09. The molecule has 86 valence electrons. The highest BCUT2D eigenvalue weighted by atomic mass is 35.5. The molecule has 3 heteroatoms. The monoisotopic (exact) mass is 253 g/mol. The van der Waals surface area contributed by atoms with Crippen molar-refractivity contribution in [2.24, 2.45) is 0 Å². The summed E-state index contributed by atoms with van der Waals surface area (Å²) in [5.74, 6) is 0.934. The van der Waals surface area contributed by atoms with Gasteiger partial charge in [-0.05, 0) is 25.0 Å². The summed E-state index contributed by atoms with van der Waals surface area (Å²) in [6, 6.07) is 8.70. The lowest BCUT2D eigenvalue weighted by Crippen LogP contribution is -2.19. The Morgan fingerprint density at radius 3 is 2.88 bits per heavy atom. The van der Waals surface area contributed by atoms with Crippen molar-refractivity contribution in [3.8, 4) is 0 Å². The van der Waals surface area contributed by atoms with Crippen molar-refractivity contribution in [1.29, 1.82) is 0 Å². The van der Waals surface area contributed by atoms with E-state index in [0.29, 0.717) is 0 Å². The fourth-order valence-corrected chi connectivity index (χ4v) is 2.51. The number of halogens is 1. The maximum Gasteiger partial charge on any atom is 0.0541 e. The molecule has 2 rings (SSSR count). The third-order valence-electron chi connectivity index (χ3n) is 2.49. The van der Waals surface area contributed by atoms with Gasteiger partial charge in [0.2, 0.25) is 0 Å². The van der Waals surface area contributed by atoms with Gasteiger partial charge in [-0.3, -0.25) is 0 Å². The Kier molecular flexibility index (Phi) is 4.33. The summed E-state index contributed by atoms with van der Waals surface area (Å²) in [4.78, 5) is 1.14. The van der Waals surface area contributed by atoms with Gasteiger partial charge in [-0.15, -0.1) is 11.8 Å². The van der Waals surface area contributed by atoms with Crippen LogP contribution in [0, 0.1) is 0 Å². The molecule has 1 fully saturated rings. The molecule has 1 N–H and O–H groups in total. The Bertz CT molecular complexity index is 374. The van der Waals surface area contributed by atoms with E-state index >= 15 is 0 Å². The minimum Gasteiger partial charge on any atom is -0.310 e. The largest absolute Gasteiger partial charge is 0.310 e. The Balaban J connectivity index is 1.73. The van der Waals surface area contributed by atoms with Crippen molar-refractivity contribution >= 4 is 23.4 Å². The van der Waals surface area contributed by atoms with Crippen LogP contribution in [-0.2, 0) is 0 Å². The van der Waals surface area contributed by atoms with Crippen molar-refractivity contribution in [2.45, 2.75) is 23.8 Å². The van der Waals surface area contributed by atoms with E-state index < -0.39 is 0 Å². The summed E-state index contributed by atoms with van der Waals surface area (Å²) in [6.07, 6.45) is 2.65. The molecule has 0 aromatic heterocycles. The van der Waals surface area contributed by atoms with E-state index in [1.165, 1.54) is 18.4 Å². The molecule has 0 bridgehead atoms. The number of nitrogens with one attached hydrogen (secondary N) is 1. The summed E-state index contributed by atoms with van der Waals surface area (Å²) >= 11 is 7.83. The SMILES string of the molecule is C=C(CNC1CC1)CSc1ccccc1Cl. The number of rotatable bonds is 6. The van der Waals surface area contributed by atoms with Crippen LogP contribution in [0.3, 0.4) is 0 Å². The summed E-state index contributed by atoms with van der Waals surface area (Å²) in [5.41, 5.74) is 1.23. The smallest absolute Gasteiger partial charge is 0.0541 e. The molecule has 1 aromatic rings. The van der Waals surface area contributed by atoms with E-state index in [1.54, 1.807) is 11.8 Å². The molecule has 1 aliphatic carbocycles. The van der Waals surface area contributed by atoms with Gasteiger partial charge in [0.05, 0.1) is 5.02 Å².